The maximum Gasteiger partial charge on any atom is 0.258 e. The highest BCUT2D eigenvalue weighted by atomic mass is 16.5. The third-order valence-corrected chi connectivity index (χ3v) is 6.08. The second-order valence-corrected chi connectivity index (χ2v) is 8.06. The van der Waals surface area contributed by atoms with E-state index < -0.39 is 0 Å². The fraction of sp³-hybridized carbons (Fsp3) is 0.636. The van der Waals surface area contributed by atoms with E-state index in [9.17, 15) is 4.79 Å². The lowest BCUT2D eigenvalue weighted by atomic mass is 9.88. The van der Waals surface area contributed by atoms with Crippen LogP contribution in [0.5, 0.6) is 11.5 Å². The number of likely N-dealkylation sites (tertiary alicyclic amines) is 1. The van der Waals surface area contributed by atoms with Crippen LogP contribution in [0.3, 0.4) is 0 Å². The first-order valence-electron chi connectivity index (χ1n) is 10.7. The van der Waals surface area contributed by atoms with Gasteiger partial charge in [-0.3, -0.25) is 4.79 Å². The number of methoxy groups -OCH3 is 1. The van der Waals surface area contributed by atoms with Crippen molar-refractivity contribution in [3.63, 3.8) is 0 Å². The van der Waals surface area contributed by atoms with Gasteiger partial charge in [0.1, 0.15) is 5.82 Å². The highest BCUT2D eigenvalue weighted by molar-refractivity contribution is 5.81. The summed E-state index contributed by atoms with van der Waals surface area (Å²) in [5.74, 6) is 2.44. The van der Waals surface area contributed by atoms with E-state index >= 15 is 0 Å². The SMILES string of the molecule is COc1cc2c(=O)[nH]c(C3CCCCC3)nc2cc1OCCCN1CCCC1. The van der Waals surface area contributed by atoms with Gasteiger partial charge in [-0.25, -0.2) is 4.98 Å². The van der Waals surface area contributed by atoms with Crippen molar-refractivity contribution in [2.75, 3.05) is 33.4 Å². The summed E-state index contributed by atoms with van der Waals surface area (Å²) in [5, 5.41) is 0.556. The van der Waals surface area contributed by atoms with Crippen molar-refractivity contribution in [2.24, 2.45) is 0 Å². The van der Waals surface area contributed by atoms with Crippen LogP contribution in [0.4, 0.5) is 0 Å². The summed E-state index contributed by atoms with van der Waals surface area (Å²) < 4.78 is 11.5. The molecule has 1 saturated carbocycles. The lowest BCUT2D eigenvalue weighted by Gasteiger charge is -2.21. The molecule has 2 aliphatic rings. The molecule has 4 rings (SSSR count). The van der Waals surface area contributed by atoms with Gasteiger partial charge in [0.05, 0.1) is 24.6 Å². The number of aromatic amines is 1. The number of hydrogen-bond acceptors (Lipinski definition) is 5. The van der Waals surface area contributed by atoms with Crippen molar-refractivity contribution in [3.05, 3.63) is 28.3 Å². The van der Waals surface area contributed by atoms with E-state index in [4.69, 9.17) is 14.5 Å². The fourth-order valence-electron chi connectivity index (χ4n) is 4.48. The van der Waals surface area contributed by atoms with Crippen molar-refractivity contribution in [2.45, 2.75) is 57.3 Å². The molecule has 2 fully saturated rings. The van der Waals surface area contributed by atoms with Crippen LogP contribution < -0.4 is 15.0 Å². The second kappa shape index (κ2) is 8.95. The molecular formula is C22H31N3O3. The molecule has 2 aromatic rings. The molecule has 1 saturated heterocycles. The summed E-state index contributed by atoms with van der Waals surface area (Å²) in [6.45, 7) is 4.11. The normalized spacial score (nSPS) is 18.6. The van der Waals surface area contributed by atoms with Crippen LogP contribution in [-0.4, -0.2) is 48.2 Å². The smallest absolute Gasteiger partial charge is 0.258 e. The molecule has 6 heteroatoms. The number of nitrogens with zero attached hydrogens (tertiary/aromatic N) is 2. The molecule has 1 aliphatic carbocycles. The molecule has 0 atom stereocenters. The molecule has 1 aliphatic heterocycles. The molecule has 0 spiro atoms. The van der Waals surface area contributed by atoms with E-state index in [1.165, 1.54) is 45.2 Å². The Hall–Kier alpha value is -2.08. The molecule has 1 N–H and O–H groups in total. The van der Waals surface area contributed by atoms with Gasteiger partial charge < -0.3 is 19.4 Å². The minimum absolute atomic E-state index is 0.0931. The Bertz CT molecular complexity index is 852. The maximum atomic E-state index is 12.6. The summed E-state index contributed by atoms with van der Waals surface area (Å²) in [6, 6.07) is 3.62. The standard InChI is InChI=1S/C22H31N3O3/c1-27-19-14-17-18(15-20(19)28-13-7-12-25-10-5-6-11-25)23-21(24-22(17)26)16-8-3-2-4-9-16/h14-16H,2-13H2,1H3,(H,23,24,26). The van der Waals surface area contributed by atoms with Crippen molar-refractivity contribution < 1.29 is 9.47 Å². The average molecular weight is 386 g/mol. The fourth-order valence-corrected chi connectivity index (χ4v) is 4.48. The van der Waals surface area contributed by atoms with E-state index in [2.05, 4.69) is 9.88 Å². The summed E-state index contributed by atoms with van der Waals surface area (Å²) in [4.78, 5) is 22.9. The first kappa shape index (κ1) is 19.2. The highest BCUT2D eigenvalue weighted by Gasteiger charge is 2.20. The van der Waals surface area contributed by atoms with Gasteiger partial charge in [-0.2, -0.15) is 0 Å². The van der Waals surface area contributed by atoms with E-state index in [1.54, 1.807) is 13.2 Å². The van der Waals surface area contributed by atoms with Crippen LogP contribution in [-0.2, 0) is 0 Å². The van der Waals surface area contributed by atoms with Gasteiger partial charge in [-0.05, 0) is 51.3 Å². The molecule has 28 heavy (non-hydrogen) atoms. The van der Waals surface area contributed by atoms with E-state index in [0.29, 0.717) is 34.9 Å². The molecule has 0 amide bonds. The Balaban J connectivity index is 1.52. The Morgan fingerprint density at radius 3 is 2.64 bits per heavy atom. The van der Waals surface area contributed by atoms with Gasteiger partial charge in [0.15, 0.2) is 11.5 Å². The summed E-state index contributed by atoms with van der Waals surface area (Å²) in [7, 11) is 1.61. The first-order valence-corrected chi connectivity index (χ1v) is 10.7. The number of hydrogen-bond donors (Lipinski definition) is 1. The Labute approximate surface area is 166 Å². The Morgan fingerprint density at radius 1 is 1.11 bits per heavy atom. The molecule has 0 radical (unpaired) electrons. The third kappa shape index (κ3) is 4.32. The zero-order chi connectivity index (χ0) is 19.3. The first-order chi connectivity index (χ1) is 13.7. The summed E-state index contributed by atoms with van der Waals surface area (Å²) in [5.41, 5.74) is 0.601. The number of H-pyrrole nitrogens is 1. The van der Waals surface area contributed by atoms with Crippen molar-refractivity contribution in [3.8, 4) is 11.5 Å². The number of nitrogens with one attached hydrogen (secondary N) is 1. The van der Waals surface area contributed by atoms with Gasteiger partial charge in [0, 0.05) is 18.5 Å². The van der Waals surface area contributed by atoms with E-state index in [1.807, 2.05) is 6.07 Å². The Kier molecular flexibility index (Phi) is 6.15. The van der Waals surface area contributed by atoms with Crippen LogP contribution in [0.1, 0.15) is 63.1 Å². The number of benzene rings is 1. The van der Waals surface area contributed by atoms with Crippen molar-refractivity contribution in [1.29, 1.82) is 0 Å². The zero-order valence-electron chi connectivity index (χ0n) is 16.8. The van der Waals surface area contributed by atoms with Gasteiger partial charge in [0.2, 0.25) is 0 Å². The molecule has 0 bridgehead atoms. The third-order valence-electron chi connectivity index (χ3n) is 6.08. The number of aromatic nitrogens is 2. The van der Waals surface area contributed by atoms with Gasteiger partial charge >= 0.3 is 0 Å². The zero-order valence-corrected chi connectivity index (χ0v) is 16.8. The summed E-state index contributed by atoms with van der Waals surface area (Å²) in [6.07, 6.45) is 9.50. The second-order valence-electron chi connectivity index (χ2n) is 8.06. The molecule has 1 aromatic heterocycles. The Morgan fingerprint density at radius 2 is 1.89 bits per heavy atom. The monoisotopic (exact) mass is 385 g/mol. The highest BCUT2D eigenvalue weighted by Crippen LogP contribution is 2.33. The number of ether oxygens (including phenoxy) is 2. The predicted molar refractivity (Wildman–Crippen MR) is 111 cm³/mol. The molecular weight excluding hydrogens is 354 g/mol. The topological polar surface area (TPSA) is 67.5 Å². The number of rotatable bonds is 7. The lowest BCUT2D eigenvalue weighted by molar-refractivity contribution is 0.254. The van der Waals surface area contributed by atoms with Crippen LogP contribution in [0, 0.1) is 0 Å². The predicted octanol–water partition coefficient (Wildman–Crippen LogP) is 3.84. The van der Waals surface area contributed by atoms with Gasteiger partial charge in [-0.1, -0.05) is 19.3 Å². The minimum Gasteiger partial charge on any atom is -0.493 e. The van der Waals surface area contributed by atoms with E-state index in [0.717, 1.165) is 31.6 Å². The van der Waals surface area contributed by atoms with E-state index in [-0.39, 0.29) is 5.56 Å². The molecule has 2 heterocycles. The van der Waals surface area contributed by atoms with Crippen LogP contribution in [0.25, 0.3) is 10.9 Å². The molecule has 6 nitrogen and oxygen atoms in total. The van der Waals surface area contributed by atoms with Crippen molar-refractivity contribution >= 4 is 10.9 Å². The minimum atomic E-state index is -0.0931. The maximum absolute atomic E-state index is 12.6. The van der Waals surface area contributed by atoms with Crippen LogP contribution in [0.15, 0.2) is 16.9 Å². The molecule has 1 aromatic carbocycles. The molecule has 152 valence electrons. The van der Waals surface area contributed by atoms with Gasteiger partial charge in [-0.15, -0.1) is 0 Å². The van der Waals surface area contributed by atoms with Gasteiger partial charge in [0.25, 0.3) is 5.56 Å². The largest absolute Gasteiger partial charge is 0.493 e. The average Bonchev–Trinajstić information content (AvgIpc) is 3.25. The number of fused-ring (bicyclic) bond motifs is 1. The lowest BCUT2D eigenvalue weighted by Crippen LogP contribution is -2.22. The van der Waals surface area contributed by atoms with Crippen LogP contribution in [0.2, 0.25) is 0 Å². The molecule has 0 unspecified atom stereocenters. The van der Waals surface area contributed by atoms with Crippen molar-refractivity contribution in [1.82, 2.24) is 14.9 Å². The quantitative estimate of drug-likeness (QED) is 0.734. The summed E-state index contributed by atoms with van der Waals surface area (Å²) >= 11 is 0. The van der Waals surface area contributed by atoms with Crippen LogP contribution >= 0.6 is 0 Å².